The summed E-state index contributed by atoms with van der Waals surface area (Å²) in [5.74, 6) is 5.43. The highest BCUT2D eigenvalue weighted by Crippen LogP contribution is 2.43. The van der Waals surface area contributed by atoms with Crippen LogP contribution in [0.15, 0.2) is 36.9 Å². The summed E-state index contributed by atoms with van der Waals surface area (Å²) in [6.45, 7) is 3.71. The molecule has 0 radical (unpaired) electrons. The third kappa shape index (κ3) is 4.22. The Morgan fingerprint density at radius 2 is 1.97 bits per heavy atom. The average Bonchev–Trinajstić information content (AvgIpc) is 3.62. The number of halogens is 1. The molecule has 36 heavy (non-hydrogen) atoms. The van der Waals surface area contributed by atoms with Crippen molar-refractivity contribution in [3.05, 3.63) is 48.3 Å². The number of methoxy groups -OCH3 is 1. The summed E-state index contributed by atoms with van der Waals surface area (Å²) < 4.78 is 40.1. The predicted molar refractivity (Wildman–Crippen MR) is 128 cm³/mol. The first-order chi connectivity index (χ1) is 17.4. The number of nitrogens with zero attached hydrogens (tertiary/aromatic N) is 4. The summed E-state index contributed by atoms with van der Waals surface area (Å²) in [4.78, 5) is 13.5. The quantitative estimate of drug-likeness (QED) is 0.553. The van der Waals surface area contributed by atoms with Crippen LogP contribution in [0.4, 0.5) is 10.2 Å². The second kappa shape index (κ2) is 9.09. The van der Waals surface area contributed by atoms with Crippen LogP contribution >= 0.6 is 0 Å². The van der Waals surface area contributed by atoms with Crippen molar-refractivity contribution < 1.29 is 23.3 Å². The van der Waals surface area contributed by atoms with Gasteiger partial charge in [0.1, 0.15) is 30.5 Å². The zero-order valence-electron chi connectivity index (χ0n) is 20.3. The largest absolute Gasteiger partial charge is 0.381 e. The van der Waals surface area contributed by atoms with Crippen molar-refractivity contribution in [3.8, 4) is 11.8 Å². The first kappa shape index (κ1) is 23.3. The zero-order chi connectivity index (χ0) is 24.9. The van der Waals surface area contributed by atoms with Crippen LogP contribution in [0.2, 0.25) is 0 Å². The fraction of sp³-hybridized carbons (Fsp3) is 0.500. The summed E-state index contributed by atoms with van der Waals surface area (Å²) >= 11 is 0. The number of fused-ring (bicyclic) bond motifs is 2. The number of aromatic nitrogens is 4. The lowest BCUT2D eigenvalue weighted by Crippen LogP contribution is -2.28. The van der Waals surface area contributed by atoms with Crippen molar-refractivity contribution in [2.45, 2.75) is 75.6 Å². The number of hydrogen-bond acceptors (Lipinski definition) is 8. The van der Waals surface area contributed by atoms with Crippen LogP contribution in [-0.2, 0) is 18.9 Å². The van der Waals surface area contributed by atoms with Gasteiger partial charge >= 0.3 is 0 Å². The Morgan fingerprint density at radius 1 is 1.14 bits per heavy atom. The van der Waals surface area contributed by atoms with E-state index in [-0.39, 0.29) is 18.0 Å². The number of benzene rings is 1. The summed E-state index contributed by atoms with van der Waals surface area (Å²) in [6, 6.07) is 6.66. The molecule has 0 bridgehead atoms. The third-order valence-electron chi connectivity index (χ3n) is 6.94. The van der Waals surface area contributed by atoms with E-state index < -0.39 is 30.3 Å². The maximum Gasteiger partial charge on any atom is 0.167 e. The highest BCUT2D eigenvalue weighted by Gasteiger charge is 2.56. The molecule has 0 spiro atoms. The van der Waals surface area contributed by atoms with Crippen LogP contribution < -0.4 is 5.32 Å². The monoisotopic (exact) mass is 493 g/mol. The van der Waals surface area contributed by atoms with Gasteiger partial charge in [-0.3, -0.25) is 4.57 Å². The average molecular weight is 494 g/mol. The molecule has 2 aromatic heterocycles. The molecule has 6 rings (SSSR count). The first-order valence-electron chi connectivity index (χ1n) is 12.2. The lowest BCUT2D eigenvalue weighted by Gasteiger charge is -2.23. The standard InChI is InChI=1S/C26H28FN5O4/c1-26(2)35-21-19(11-8-15-6-4-5-7-18(15)27)34-25(22(21)36-26)32-14-30-20-23(28-13-29-24(20)32)31-16-9-10-17(12-16)33-3/h4-7,13-14,16-17,19,21-22,25H,9-10,12H2,1-3H3,(H,28,29,31)/t16?,17?,19-,21-,22-,25-/m1/s1. The van der Waals surface area contributed by atoms with Crippen LogP contribution in [0.5, 0.6) is 0 Å². The number of hydrogen-bond donors (Lipinski definition) is 1. The molecule has 2 unspecified atom stereocenters. The molecule has 3 aromatic rings. The minimum absolute atomic E-state index is 0.256. The smallest absolute Gasteiger partial charge is 0.167 e. The molecule has 1 saturated carbocycles. The van der Waals surface area contributed by atoms with Gasteiger partial charge in [0, 0.05) is 13.2 Å². The number of nitrogens with one attached hydrogen (secondary N) is 1. The van der Waals surface area contributed by atoms with Gasteiger partial charge < -0.3 is 24.3 Å². The highest BCUT2D eigenvalue weighted by molar-refractivity contribution is 5.82. The van der Waals surface area contributed by atoms with Crippen molar-refractivity contribution in [1.29, 1.82) is 0 Å². The van der Waals surface area contributed by atoms with Crippen LogP contribution in [0.25, 0.3) is 11.2 Å². The first-order valence-corrected chi connectivity index (χ1v) is 12.2. The summed E-state index contributed by atoms with van der Waals surface area (Å²) in [6.07, 6.45) is 4.29. The SMILES string of the molecule is COC1CCC(Nc2ncnc3c2ncn3[C@@H]2O[C@H](C#Cc3ccccc3F)[C@H]3OC(C)(C)O[C@H]32)C1. The number of rotatable bonds is 4. The third-order valence-corrected chi connectivity index (χ3v) is 6.94. The Balaban J connectivity index is 1.30. The molecule has 9 nitrogen and oxygen atoms in total. The van der Waals surface area contributed by atoms with Gasteiger partial charge in [-0.15, -0.1) is 0 Å². The highest BCUT2D eigenvalue weighted by atomic mass is 19.1. The minimum atomic E-state index is -0.812. The maximum absolute atomic E-state index is 14.1. The second-order valence-electron chi connectivity index (χ2n) is 9.82. The second-order valence-corrected chi connectivity index (χ2v) is 9.82. The van der Waals surface area contributed by atoms with Crippen LogP contribution in [0, 0.1) is 17.7 Å². The Labute approximate surface area is 208 Å². The Hall–Kier alpha value is -3.10. The van der Waals surface area contributed by atoms with E-state index in [0.717, 1.165) is 19.3 Å². The van der Waals surface area contributed by atoms with Crippen molar-refractivity contribution in [3.63, 3.8) is 0 Å². The Bertz CT molecular complexity index is 1330. The van der Waals surface area contributed by atoms with Crippen molar-refractivity contribution in [1.82, 2.24) is 19.5 Å². The van der Waals surface area contributed by atoms with E-state index in [9.17, 15) is 4.39 Å². The van der Waals surface area contributed by atoms with Gasteiger partial charge in [-0.1, -0.05) is 24.0 Å². The fourth-order valence-corrected chi connectivity index (χ4v) is 5.25. The van der Waals surface area contributed by atoms with E-state index in [0.29, 0.717) is 22.5 Å². The van der Waals surface area contributed by atoms with Gasteiger partial charge in [-0.25, -0.2) is 19.3 Å². The molecule has 10 heteroatoms. The maximum atomic E-state index is 14.1. The molecule has 4 heterocycles. The molecular weight excluding hydrogens is 465 g/mol. The van der Waals surface area contributed by atoms with Gasteiger partial charge in [0.2, 0.25) is 0 Å². The van der Waals surface area contributed by atoms with Crippen LogP contribution in [0.1, 0.15) is 44.9 Å². The molecular formula is C26H28FN5O4. The van der Waals surface area contributed by atoms with Gasteiger partial charge in [-0.05, 0) is 45.2 Å². The van der Waals surface area contributed by atoms with Crippen LogP contribution in [-0.4, -0.2) is 62.9 Å². The predicted octanol–water partition coefficient (Wildman–Crippen LogP) is 3.41. The van der Waals surface area contributed by atoms with Gasteiger partial charge in [0.05, 0.1) is 18.0 Å². The zero-order valence-corrected chi connectivity index (χ0v) is 20.3. The van der Waals surface area contributed by atoms with E-state index in [1.165, 1.54) is 12.4 Å². The Kier molecular flexibility index (Phi) is 5.88. The number of imidazole rings is 1. The van der Waals surface area contributed by atoms with Crippen LogP contribution in [0.3, 0.4) is 0 Å². The number of anilines is 1. The summed E-state index contributed by atoms with van der Waals surface area (Å²) in [7, 11) is 1.75. The molecule has 2 aliphatic heterocycles. The van der Waals surface area contributed by atoms with E-state index in [1.54, 1.807) is 31.6 Å². The fourth-order valence-electron chi connectivity index (χ4n) is 5.25. The van der Waals surface area contributed by atoms with Crippen molar-refractivity contribution >= 4 is 17.0 Å². The molecule has 1 aliphatic carbocycles. The van der Waals surface area contributed by atoms with Gasteiger partial charge in [0.15, 0.2) is 29.0 Å². The molecule has 0 amide bonds. The van der Waals surface area contributed by atoms with E-state index in [1.807, 2.05) is 18.4 Å². The van der Waals surface area contributed by atoms with Crippen molar-refractivity contribution in [2.24, 2.45) is 0 Å². The van der Waals surface area contributed by atoms with Gasteiger partial charge in [0.25, 0.3) is 0 Å². The molecule has 188 valence electrons. The number of ether oxygens (including phenoxy) is 4. The summed E-state index contributed by atoms with van der Waals surface area (Å²) in [5, 5.41) is 3.50. The molecule has 1 aromatic carbocycles. The molecule has 1 N–H and O–H groups in total. The lowest BCUT2D eigenvalue weighted by molar-refractivity contribution is -0.190. The molecule has 3 fully saturated rings. The summed E-state index contributed by atoms with van der Waals surface area (Å²) in [5.41, 5.74) is 1.57. The van der Waals surface area contributed by atoms with E-state index >= 15 is 0 Å². The molecule has 2 saturated heterocycles. The van der Waals surface area contributed by atoms with E-state index in [4.69, 9.17) is 18.9 Å². The van der Waals surface area contributed by atoms with Crippen molar-refractivity contribution in [2.75, 3.05) is 12.4 Å². The Morgan fingerprint density at radius 3 is 2.78 bits per heavy atom. The molecule has 6 atom stereocenters. The lowest BCUT2D eigenvalue weighted by atomic mass is 10.1. The normalized spacial score (nSPS) is 30.8. The topological polar surface area (TPSA) is 92.6 Å². The van der Waals surface area contributed by atoms with Gasteiger partial charge in [-0.2, -0.15) is 0 Å². The minimum Gasteiger partial charge on any atom is -0.381 e. The van der Waals surface area contributed by atoms with E-state index in [2.05, 4.69) is 32.1 Å². The molecule has 3 aliphatic rings.